The average molecular weight is 476 g/mol. The average Bonchev–Trinajstić information content (AvgIpc) is 3.46. The number of rotatable bonds is 8. The molecule has 0 bridgehead atoms. The molecule has 0 amide bonds. The van der Waals surface area contributed by atoms with Gasteiger partial charge >= 0.3 is 5.63 Å². The van der Waals surface area contributed by atoms with Gasteiger partial charge in [-0.25, -0.2) is 4.79 Å². The number of hydrogen-bond donors (Lipinski definition) is 1. The van der Waals surface area contributed by atoms with Crippen LogP contribution in [0.2, 0.25) is 0 Å². The summed E-state index contributed by atoms with van der Waals surface area (Å²) in [6.45, 7) is 0.769. The minimum Gasteiger partial charge on any atom is -0.508 e. The maximum absolute atomic E-state index is 12.0. The second-order valence-corrected chi connectivity index (χ2v) is 9.58. The molecule has 0 aliphatic rings. The highest BCUT2D eigenvalue weighted by atomic mass is 32.2. The summed E-state index contributed by atoms with van der Waals surface area (Å²) in [7, 11) is 0. The van der Waals surface area contributed by atoms with Crippen molar-refractivity contribution < 1.29 is 9.52 Å². The maximum atomic E-state index is 12.0. The molecule has 0 saturated carbocycles. The molecule has 1 N–H and O–H groups in total. The number of aromatic hydroxyl groups is 1. The lowest BCUT2D eigenvalue weighted by Gasteiger charge is -2.11. The SMILES string of the molecule is O=c1cc(CSc2nnc(Cc3cccs3)n2CCc2ccccc2)c2ccc(O)cc2o1. The van der Waals surface area contributed by atoms with Crippen LogP contribution in [-0.4, -0.2) is 19.9 Å². The molecule has 5 aromatic rings. The van der Waals surface area contributed by atoms with Crippen molar-refractivity contribution in [1.82, 2.24) is 14.8 Å². The number of benzene rings is 2. The molecule has 0 spiro atoms. The fourth-order valence-electron chi connectivity index (χ4n) is 3.72. The molecule has 0 aliphatic heterocycles. The monoisotopic (exact) mass is 475 g/mol. The van der Waals surface area contributed by atoms with Crippen LogP contribution in [0.4, 0.5) is 0 Å². The van der Waals surface area contributed by atoms with Crippen molar-refractivity contribution in [2.24, 2.45) is 0 Å². The predicted octanol–water partition coefficient (Wildman–Crippen LogP) is 5.28. The van der Waals surface area contributed by atoms with Crippen LogP contribution >= 0.6 is 23.1 Å². The summed E-state index contributed by atoms with van der Waals surface area (Å²) < 4.78 is 7.43. The molecule has 0 unspecified atom stereocenters. The molecule has 0 fully saturated rings. The molecule has 3 aromatic heterocycles. The summed E-state index contributed by atoms with van der Waals surface area (Å²) >= 11 is 3.26. The molecule has 6 nitrogen and oxygen atoms in total. The number of phenolic OH excluding ortho intramolecular Hbond substituents is 1. The Morgan fingerprint density at radius 3 is 2.73 bits per heavy atom. The fourth-order valence-corrected chi connectivity index (χ4v) is 5.39. The molecule has 0 aliphatic carbocycles. The second kappa shape index (κ2) is 9.64. The molecular formula is C25H21N3O3S2. The van der Waals surface area contributed by atoms with Gasteiger partial charge in [0.1, 0.15) is 17.2 Å². The summed E-state index contributed by atoms with van der Waals surface area (Å²) in [5.74, 6) is 1.53. The summed E-state index contributed by atoms with van der Waals surface area (Å²) in [5, 5.41) is 22.4. The lowest BCUT2D eigenvalue weighted by Crippen LogP contribution is -2.08. The number of phenols is 1. The lowest BCUT2D eigenvalue weighted by molar-refractivity contribution is 0.473. The minimum absolute atomic E-state index is 0.0642. The van der Waals surface area contributed by atoms with Gasteiger partial charge in [0.2, 0.25) is 0 Å². The molecule has 0 atom stereocenters. The quantitative estimate of drug-likeness (QED) is 0.243. The van der Waals surface area contributed by atoms with E-state index in [0.717, 1.165) is 41.3 Å². The Labute approximate surface area is 198 Å². The van der Waals surface area contributed by atoms with Crippen molar-refractivity contribution in [2.45, 2.75) is 30.3 Å². The lowest BCUT2D eigenvalue weighted by atomic mass is 10.1. The molecular weight excluding hydrogens is 454 g/mol. The molecule has 5 rings (SSSR count). The van der Waals surface area contributed by atoms with Gasteiger partial charge in [0.15, 0.2) is 5.16 Å². The van der Waals surface area contributed by atoms with E-state index in [-0.39, 0.29) is 5.75 Å². The Kier molecular flexibility index (Phi) is 6.28. The van der Waals surface area contributed by atoms with Crippen molar-refractivity contribution in [2.75, 3.05) is 0 Å². The zero-order valence-corrected chi connectivity index (χ0v) is 19.3. The van der Waals surface area contributed by atoms with E-state index in [9.17, 15) is 9.90 Å². The van der Waals surface area contributed by atoms with Gasteiger partial charge in [-0.1, -0.05) is 48.2 Å². The van der Waals surface area contributed by atoms with Crippen molar-refractivity contribution in [3.63, 3.8) is 0 Å². The molecule has 3 heterocycles. The Bertz CT molecular complexity index is 1430. The standard InChI is InChI=1S/C25H21N3O3S2/c29-19-8-9-21-18(13-24(30)31-22(21)14-19)16-33-25-27-26-23(15-20-7-4-12-32-20)28(25)11-10-17-5-2-1-3-6-17/h1-9,12-14,29H,10-11,15-16H2. The van der Waals surface area contributed by atoms with Crippen molar-refractivity contribution in [3.05, 3.63) is 104 Å². The topological polar surface area (TPSA) is 81.2 Å². The first-order valence-corrected chi connectivity index (χ1v) is 12.4. The van der Waals surface area contributed by atoms with E-state index in [1.54, 1.807) is 35.2 Å². The van der Waals surface area contributed by atoms with Gasteiger partial charge in [0.05, 0.1) is 0 Å². The second-order valence-electron chi connectivity index (χ2n) is 7.60. The van der Waals surface area contributed by atoms with Crippen LogP contribution in [0.25, 0.3) is 11.0 Å². The highest BCUT2D eigenvalue weighted by Crippen LogP contribution is 2.28. The van der Waals surface area contributed by atoms with Crippen LogP contribution in [-0.2, 0) is 25.1 Å². The van der Waals surface area contributed by atoms with Crippen molar-refractivity contribution in [3.8, 4) is 5.75 Å². The van der Waals surface area contributed by atoms with Gasteiger partial charge in [-0.05, 0) is 41.1 Å². The van der Waals surface area contributed by atoms with Gasteiger partial charge < -0.3 is 14.1 Å². The van der Waals surface area contributed by atoms with Crippen molar-refractivity contribution >= 4 is 34.1 Å². The van der Waals surface area contributed by atoms with Crippen LogP contribution in [0.1, 0.15) is 21.8 Å². The zero-order valence-electron chi connectivity index (χ0n) is 17.7. The van der Waals surface area contributed by atoms with Crippen LogP contribution in [0.5, 0.6) is 5.75 Å². The normalized spacial score (nSPS) is 11.3. The number of thioether (sulfide) groups is 1. The number of aromatic nitrogens is 3. The number of thiophene rings is 1. The number of fused-ring (bicyclic) bond motifs is 1. The number of aryl methyl sites for hydroxylation is 1. The molecule has 0 saturated heterocycles. The molecule has 0 radical (unpaired) electrons. The third-order valence-corrected chi connectivity index (χ3v) is 7.24. The summed E-state index contributed by atoms with van der Waals surface area (Å²) in [6, 6.07) is 20.9. The summed E-state index contributed by atoms with van der Waals surface area (Å²) in [6.07, 6.45) is 1.61. The Hall–Kier alpha value is -3.36. The van der Waals surface area contributed by atoms with E-state index in [2.05, 4.69) is 38.3 Å². The van der Waals surface area contributed by atoms with E-state index in [4.69, 9.17) is 4.42 Å². The Morgan fingerprint density at radius 2 is 1.91 bits per heavy atom. The summed E-state index contributed by atoms with van der Waals surface area (Å²) in [4.78, 5) is 13.3. The first-order chi connectivity index (χ1) is 16.2. The highest BCUT2D eigenvalue weighted by molar-refractivity contribution is 7.98. The first kappa shape index (κ1) is 21.5. The third-order valence-electron chi connectivity index (χ3n) is 5.34. The maximum Gasteiger partial charge on any atom is 0.336 e. The van der Waals surface area contributed by atoms with E-state index >= 15 is 0 Å². The fraction of sp³-hybridized carbons (Fsp3) is 0.160. The molecule has 2 aromatic carbocycles. The molecule has 33 heavy (non-hydrogen) atoms. The molecule has 166 valence electrons. The van der Waals surface area contributed by atoms with E-state index < -0.39 is 5.63 Å². The first-order valence-electron chi connectivity index (χ1n) is 10.5. The van der Waals surface area contributed by atoms with Crippen LogP contribution in [0.3, 0.4) is 0 Å². The Morgan fingerprint density at radius 1 is 1.03 bits per heavy atom. The molecule has 8 heteroatoms. The van der Waals surface area contributed by atoms with Gasteiger partial charge in [-0.15, -0.1) is 21.5 Å². The van der Waals surface area contributed by atoms with E-state index in [1.807, 2.05) is 24.3 Å². The highest BCUT2D eigenvalue weighted by Gasteiger charge is 2.15. The van der Waals surface area contributed by atoms with Gasteiger partial charge in [-0.3, -0.25) is 0 Å². The van der Waals surface area contributed by atoms with Gasteiger partial charge in [-0.2, -0.15) is 0 Å². The predicted molar refractivity (Wildman–Crippen MR) is 131 cm³/mol. The van der Waals surface area contributed by atoms with Gasteiger partial charge in [0, 0.05) is 41.1 Å². The van der Waals surface area contributed by atoms with Crippen molar-refractivity contribution in [1.29, 1.82) is 0 Å². The largest absolute Gasteiger partial charge is 0.508 e. The summed E-state index contributed by atoms with van der Waals surface area (Å²) in [5.41, 5.74) is 2.04. The van der Waals surface area contributed by atoms with Crippen LogP contribution in [0.15, 0.2) is 86.5 Å². The minimum atomic E-state index is -0.437. The number of nitrogens with zero attached hydrogens (tertiary/aromatic N) is 3. The van der Waals surface area contributed by atoms with Crippen LogP contribution in [0, 0.1) is 0 Å². The van der Waals surface area contributed by atoms with E-state index in [1.165, 1.54) is 22.6 Å². The van der Waals surface area contributed by atoms with Crippen LogP contribution < -0.4 is 5.63 Å². The smallest absolute Gasteiger partial charge is 0.336 e. The van der Waals surface area contributed by atoms with E-state index in [0.29, 0.717) is 11.3 Å². The van der Waals surface area contributed by atoms with Gasteiger partial charge in [0.25, 0.3) is 0 Å². The number of hydrogen-bond acceptors (Lipinski definition) is 7. The third kappa shape index (κ3) is 5.02. The zero-order chi connectivity index (χ0) is 22.6. The Balaban J connectivity index is 1.42.